The largest absolute Gasteiger partial charge is 0.363 e. The van der Waals surface area contributed by atoms with E-state index >= 15 is 0 Å². The first-order chi connectivity index (χ1) is 13.3. The number of hydrogen-bond acceptors (Lipinski definition) is 6. The Bertz CT molecular complexity index is 971. The Hall–Kier alpha value is -2.52. The van der Waals surface area contributed by atoms with Crippen LogP contribution in [0.2, 0.25) is 0 Å². The second-order valence-electron chi connectivity index (χ2n) is 6.64. The molecule has 2 aromatic carbocycles. The van der Waals surface area contributed by atoms with Gasteiger partial charge in [-0.05, 0) is 36.2 Å². The molecule has 0 radical (unpaired) electrons. The maximum atomic E-state index is 13.1. The lowest BCUT2D eigenvalue weighted by Gasteiger charge is -2.29. The molecule has 0 spiro atoms. The van der Waals surface area contributed by atoms with Gasteiger partial charge in [0.25, 0.3) is 5.69 Å². The summed E-state index contributed by atoms with van der Waals surface area (Å²) >= 11 is 0. The van der Waals surface area contributed by atoms with E-state index in [9.17, 15) is 22.9 Å². The molecule has 0 saturated carbocycles. The van der Waals surface area contributed by atoms with Crippen LogP contribution in [0.3, 0.4) is 0 Å². The summed E-state index contributed by atoms with van der Waals surface area (Å²) in [6, 6.07) is 8.19. The van der Waals surface area contributed by atoms with Crippen molar-refractivity contribution in [1.82, 2.24) is 5.32 Å². The predicted molar refractivity (Wildman–Crippen MR) is 105 cm³/mol. The average molecular weight is 407 g/mol. The van der Waals surface area contributed by atoms with Crippen LogP contribution < -0.4 is 10.2 Å². The number of sulfone groups is 1. The van der Waals surface area contributed by atoms with Crippen molar-refractivity contribution in [1.29, 1.82) is 0 Å². The molecule has 0 unspecified atom stereocenters. The van der Waals surface area contributed by atoms with Gasteiger partial charge in [0.1, 0.15) is 11.5 Å². The SMILES string of the molecule is CCc1c(S(=O)(=O)Cc2ccc(F)cc2)ccc(N2CCNCC2)c1[N+](=O)[O-]. The molecule has 9 heteroatoms. The summed E-state index contributed by atoms with van der Waals surface area (Å²) in [5.41, 5.74) is 0.939. The van der Waals surface area contributed by atoms with Crippen molar-refractivity contribution in [3.8, 4) is 0 Å². The zero-order chi connectivity index (χ0) is 20.3. The van der Waals surface area contributed by atoms with E-state index in [1.165, 1.54) is 36.4 Å². The maximum absolute atomic E-state index is 13.1. The average Bonchev–Trinajstić information content (AvgIpc) is 2.69. The van der Waals surface area contributed by atoms with Gasteiger partial charge in [0.05, 0.1) is 21.1 Å². The molecule has 150 valence electrons. The molecule has 1 aliphatic heterocycles. The second kappa shape index (κ2) is 8.24. The van der Waals surface area contributed by atoms with Crippen LogP contribution in [0.15, 0.2) is 41.3 Å². The van der Waals surface area contributed by atoms with E-state index in [0.717, 1.165) is 0 Å². The number of nitrogens with zero attached hydrogens (tertiary/aromatic N) is 2. The summed E-state index contributed by atoms with van der Waals surface area (Å²) in [6.07, 6.45) is 0.216. The molecular weight excluding hydrogens is 385 g/mol. The summed E-state index contributed by atoms with van der Waals surface area (Å²) in [7, 11) is -3.83. The zero-order valence-electron chi connectivity index (χ0n) is 15.5. The first-order valence-corrected chi connectivity index (χ1v) is 10.7. The number of halogens is 1. The fourth-order valence-electron chi connectivity index (χ4n) is 3.48. The van der Waals surface area contributed by atoms with Gasteiger partial charge in [-0.15, -0.1) is 0 Å². The third kappa shape index (κ3) is 4.15. The first-order valence-electron chi connectivity index (χ1n) is 9.06. The lowest BCUT2D eigenvalue weighted by molar-refractivity contribution is -0.385. The highest BCUT2D eigenvalue weighted by atomic mass is 32.2. The molecule has 28 heavy (non-hydrogen) atoms. The van der Waals surface area contributed by atoms with Gasteiger partial charge in [0.15, 0.2) is 9.84 Å². The highest BCUT2D eigenvalue weighted by Gasteiger charge is 2.30. The Morgan fingerprint density at radius 3 is 2.36 bits per heavy atom. The topological polar surface area (TPSA) is 92.6 Å². The Morgan fingerprint density at radius 2 is 1.79 bits per heavy atom. The lowest BCUT2D eigenvalue weighted by atomic mass is 10.1. The molecule has 1 heterocycles. The van der Waals surface area contributed by atoms with Crippen LogP contribution in [0.1, 0.15) is 18.1 Å². The fourth-order valence-corrected chi connectivity index (χ4v) is 5.16. The van der Waals surface area contributed by atoms with E-state index in [1.807, 2.05) is 4.90 Å². The van der Waals surface area contributed by atoms with Crippen molar-refractivity contribution in [3.63, 3.8) is 0 Å². The molecule has 1 saturated heterocycles. The van der Waals surface area contributed by atoms with Crippen LogP contribution in [0.5, 0.6) is 0 Å². The highest BCUT2D eigenvalue weighted by molar-refractivity contribution is 7.90. The van der Waals surface area contributed by atoms with Crippen molar-refractivity contribution in [2.45, 2.75) is 24.0 Å². The van der Waals surface area contributed by atoms with Crippen LogP contribution in [0, 0.1) is 15.9 Å². The van der Waals surface area contributed by atoms with Crippen LogP contribution in [-0.4, -0.2) is 39.5 Å². The van der Waals surface area contributed by atoms with Crippen molar-refractivity contribution < 1.29 is 17.7 Å². The number of nitro groups is 1. The molecule has 7 nitrogen and oxygen atoms in total. The Morgan fingerprint density at radius 1 is 1.14 bits per heavy atom. The summed E-state index contributed by atoms with van der Waals surface area (Å²) in [4.78, 5) is 13.2. The quantitative estimate of drug-likeness (QED) is 0.585. The van der Waals surface area contributed by atoms with Crippen LogP contribution >= 0.6 is 0 Å². The number of rotatable bonds is 6. The Kier molecular flexibility index (Phi) is 5.95. The molecule has 1 aliphatic rings. The monoisotopic (exact) mass is 407 g/mol. The molecule has 0 bridgehead atoms. The molecule has 0 amide bonds. The van der Waals surface area contributed by atoms with Gasteiger partial charge in [0.2, 0.25) is 0 Å². The van der Waals surface area contributed by atoms with E-state index < -0.39 is 20.6 Å². The van der Waals surface area contributed by atoms with Crippen molar-refractivity contribution in [2.75, 3.05) is 31.1 Å². The predicted octanol–water partition coefficient (Wildman–Crippen LogP) is 2.68. The smallest absolute Gasteiger partial charge is 0.296 e. The molecular formula is C19H22FN3O4S. The Balaban J connectivity index is 2.06. The molecule has 1 fully saturated rings. The second-order valence-corrected chi connectivity index (χ2v) is 8.60. The number of piperazine rings is 1. The van der Waals surface area contributed by atoms with Gasteiger partial charge in [-0.25, -0.2) is 12.8 Å². The summed E-state index contributed by atoms with van der Waals surface area (Å²) < 4.78 is 39.1. The highest BCUT2D eigenvalue weighted by Crippen LogP contribution is 2.37. The minimum atomic E-state index is -3.83. The number of nitro benzene ring substituents is 1. The molecule has 3 rings (SSSR count). The maximum Gasteiger partial charge on any atom is 0.296 e. The lowest BCUT2D eigenvalue weighted by Crippen LogP contribution is -2.43. The standard InChI is InChI=1S/C19H22FN3O4S/c1-2-16-18(28(26,27)13-14-3-5-15(20)6-4-14)8-7-17(19(16)23(24)25)22-11-9-21-10-12-22/h3-8,21H,2,9-13H2,1H3. The third-order valence-electron chi connectivity index (χ3n) is 4.82. The van der Waals surface area contributed by atoms with E-state index in [-0.39, 0.29) is 28.3 Å². The number of anilines is 1. The van der Waals surface area contributed by atoms with Gasteiger partial charge in [0, 0.05) is 26.2 Å². The Labute approximate surface area is 163 Å². The molecule has 0 atom stereocenters. The summed E-state index contributed by atoms with van der Waals surface area (Å²) in [5, 5.41) is 15.0. The van der Waals surface area contributed by atoms with Crippen LogP contribution in [-0.2, 0) is 22.0 Å². The van der Waals surface area contributed by atoms with Gasteiger partial charge in [-0.2, -0.15) is 0 Å². The minimum absolute atomic E-state index is 0.0371. The normalized spacial score (nSPS) is 14.9. The van der Waals surface area contributed by atoms with Gasteiger partial charge < -0.3 is 10.2 Å². The van der Waals surface area contributed by atoms with E-state index in [4.69, 9.17) is 0 Å². The molecule has 2 aromatic rings. The minimum Gasteiger partial charge on any atom is -0.363 e. The van der Waals surface area contributed by atoms with Crippen molar-refractivity contribution >= 4 is 21.2 Å². The summed E-state index contributed by atoms with van der Waals surface area (Å²) in [6.45, 7) is 4.37. The fraction of sp³-hybridized carbons (Fsp3) is 0.368. The number of benzene rings is 2. The summed E-state index contributed by atoms with van der Waals surface area (Å²) in [5.74, 6) is -0.795. The van der Waals surface area contributed by atoms with Crippen molar-refractivity contribution in [2.24, 2.45) is 0 Å². The molecule has 0 aliphatic carbocycles. The van der Waals surface area contributed by atoms with E-state index in [2.05, 4.69) is 5.32 Å². The van der Waals surface area contributed by atoms with Crippen molar-refractivity contribution in [3.05, 3.63) is 63.5 Å². The number of hydrogen-bond donors (Lipinski definition) is 1. The number of nitrogens with one attached hydrogen (secondary N) is 1. The van der Waals surface area contributed by atoms with E-state index in [1.54, 1.807) is 6.92 Å². The van der Waals surface area contributed by atoms with Gasteiger partial charge in [-0.1, -0.05) is 19.1 Å². The van der Waals surface area contributed by atoms with Gasteiger partial charge >= 0.3 is 0 Å². The molecule has 1 N–H and O–H groups in total. The van der Waals surface area contributed by atoms with Gasteiger partial charge in [-0.3, -0.25) is 10.1 Å². The third-order valence-corrected chi connectivity index (χ3v) is 6.58. The van der Waals surface area contributed by atoms with E-state index in [0.29, 0.717) is 37.4 Å². The zero-order valence-corrected chi connectivity index (χ0v) is 16.3. The first kappa shape index (κ1) is 20.2. The van der Waals surface area contributed by atoms with Crippen LogP contribution in [0.4, 0.5) is 15.8 Å². The van der Waals surface area contributed by atoms with Crippen LogP contribution in [0.25, 0.3) is 0 Å². The molecule has 0 aromatic heterocycles.